The Labute approximate surface area is 76.6 Å². The van der Waals surface area contributed by atoms with Crippen molar-refractivity contribution in [3.8, 4) is 0 Å². The summed E-state index contributed by atoms with van der Waals surface area (Å²) in [5.41, 5.74) is 1.81. The molecule has 2 rings (SSSR count). The first kappa shape index (κ1) is 8.24. The van der Waals surface area contributed by atoms with Gasteiger partial charge >= 0.3 is 0 Å². The van der Waals surface area contributed by atoms with Crippen LogP contribution in [-0.4, -0.2) is 9.97 Å². The summed E-state index contributed by atoms with van der Waals surface area (Å²) in [4.78, 5) is 8.19. The van der Waals surface area contributed by atoms with Gasteiger partial charge in [0.15, 0.2) is 0 Å². The van der Waals surface area contributed by atoms with Gasteiger partial charge in [0.25, 0.3) is 0 Å². The van der Waals surface area contributed by atoms with E-state index in [-0.39, 0.29) is 18.6 Å². The molecule has 1 aromatic heterocycles. The average molecular weight is 180 g/mol. The van der Waals surface area contributed by atoms with Gasteiger partial charge in [-0.1, -0.05) is 0 Å². The number of benzene rings is 1. The molecule has 53 valence electrons. The zero-order valence-corrected chi connectivity index (χ0v) is 7.13. The zero-order chi connectivity index (χ0) is 6.81. The fraction of sp³-hybridized carbons (Fsp3) is 0. The fourth-order valence-corrected chi connectivity index (χ4v) is 0.853. The molecule has 0 bridgehead atoms. The summed E-state index contributed by atoms with van der Waals surface area (Å²) in [6.45, 7) is 0. The first-order valence-electron chi connectivity index (χ1n) is 3.03. The molecule has 0 N–H and O–H groups in total. The molecule has 0 spiro atoms. The molecule has 0 atom stereocenters. The molecule has 0 saturated carbocycles. The third kappa shape index (κ3) is 1.59. The molecule has 0 unspecified atom stereocenters. The van der Waals surface area contributed by atoms with Crippen molar-refractivity contribution in [2.45, 2.75) is 0 Å². The Morgan fingerprint density at radius 2 is 1.82 bits per heavy atom. The van der Waals surface area contributed by atoms with Crippen LogP contribution < -0.4 is 0 Å². The van der Waals surface area contributed by atoms with Gasteiger partial charge in [-0.2, -0.15) is 12.1 Å². The molecular formula is C8H5N2V-. The van der Waals surface area contributed by atoms with Gasteiger partial charge in [0.05, 0.1) is 0 Å². The minimum absolute atomic E-state index is 0. The van der Waals surface area contributed by atoms with Crippen molar-refractivity contribution in [2.24, 2.45) is 0 Å². The van der Waals surface area contributed by atoms with E-state index in [0.29, 0.717) is 0 Å². The minimum Gasteiger partial charge on any atom is -0.318 e. The normalized spacial score (nSPS) is 9.09. The molecule has 3 heteroatoms. The van der Waals surface area contributed by atoms with Gasteiger partial charge < -0.3 is 4.98 Å². The van der Waals surface area contributed by atoms with Crippen LogP contribution in [0.2, 0.25) is 0 Å². The van der Waals surface area contributed by atoms with Gasteiger partial charge in [-0.3, -0.25) is 4.98 Å². The van der Waals surface area contributed by atoms with Crippen molar-refractivity contribution < 1.29 is 18.6 Å². The van der Waals surface area contributed by atoms with E-state index >= 15 is 0 Å². The van der Waals surface area contributed by atoms with Crippen molar-refractivity contribution in [1.82, 2.24) is 9.97 Å². The van der Waals surface area contributed by atoms with E-state index < -0.39 is 0 Å². The van der Waals surface area contributed by atoms with Crippen LogP contribution >= 0.6 is 0 Å². The Hall–Kier alpha value is -0.856. The van der Waals surface area contributed by atoms with Crippen molar-refractivity contribution in [3.63, 3.8) is 0 Å². The predicted octanol–water partition coefficient (Wildman–Crippen LogP) is 1.43. The van der Waals surface area contributed by atoms with Crippen molar-refractivity contribution in [1.29, 1.82) is 0 Å². The quantitative estimate of drug-likeness (QED) is 0.573. The summed E-state index contributed by atoms with van der Waals surface area (Å²) in [5.74, 6) is 0. The third-order valence-corrected chi connectivity index (χ3v) is 1.31. The van der Waals surface area contributed by atoms with Crippen molar-refractivity contribution >= 4 is 11.0 Å². The Bertz CT molecular complexity index is 283. The summed E-state index contributed by atoms with van der Waals surface area (Å²) in [6, 6.07) is 8.48. The largest absolute Gasteiger partial charge is 0.318 e. The summed E-state index contributed by atoms with van der Waals surface area (Å²) in [6.07, 6.45) is 3.36. The number of aromatic nitrogens is 2. The summed E-state index contributed by atoms with van der Waals surface area (Å²) < 4.78 is 0. The molecule has 11 heavy (non-hydrogen) atoms. The molecule has 2 aromatic rings. The molecule has 0 aliphatic heterocycles. The molecular weight excluding hydrogens is 175 g/mol. The van der Waals surface area contributed by atoms with E-state index in [1.165, 1.54) is 0 Å². The number of hydrogen-bond acceptors (Lipinski definition) is 2. The van der Waals surface area contributed by atoms with Gasteiger partial charge in [0.1, 0.15) is 0 Å². The molecule has 1 heterocycles. The van der Waals surface area contributed by atoms with Crippen LogP contribution in [0.3, 0.4) is 0 Å². The van der Waals surface area contributed by atoms with Gasteiger partial charge in [-0.05, 0) is 11.0 Å². The molecule has 0 amide bonds. The Morgan fingerprint density at radius 3 is 2.55 bits per heavy atom. The van der Waals surface area contributed by atoms with E-state index in [1.54, 1.807) is 12.4 Å². The second-order valence-electron chi connectivity index (χ2n) is 1.97. The van der Waals surface area contributed by atoms with Gasteiger partial charge in [-0.25, -0.2) is 0 Å². The van der Waals surface area contributed by atoms with Crippen molar-refractivity contribution in [3.05, 3.63) is 36.7 Å². The predicted molar refractivity (Wildman–Crippen MR) is 38.4 cm³/mol. The first-order chi connectivity index (χ1) is 4.97. The number of rotatable bonds is 0. The molecule has 1 radical (unpaired) electrons. The SMILES string of the molecule is [V].[c-]1ccc2nccnc2c1. The maximum atomic E-state index is 4.10. The van der Waals surface area contributed by atoms with Gasteiger partial charge in [-0.15, -0.1) is 12.1 Å². The van der Waals surface area contributed by atoms with Crippen LogP contribution in [0.1, 0.15) is 0 Å². The van der Waals surface area contributed by atoms with Crippen LogP contribution in [0.4, 0.5) is 0 Å². The van der Waals surface area contributed by atoms with Gasteiger partial charge in [0, 0.05) is 30.9 Å². The Balaban J connectivity index is 0.000000605. The van der Waals surface area contributed by atoms with Crippen LogP contribution in [-0.2, 0) is 18.6 Å². The van der Waals surface area contributed by atoms with E-state index in [9.17, 15) is 0 Å². The Kier molecular flexibility index (Phi) is 2.63. The van der Waals surface area contributed by atoms with E-state index in [4.69, 9.17) is 0 Å². The zero-order valence-electron chi connectivity index (χ0n) is 5.73. The molecule has 0 saturated heterocycles. The van der Waals surface area contributed by atoms with E-state index in [2.05, 4.69) is 16.0 Å². The second-order valence-corrected chi connectivity index (χ2v) is 1.97. The van der Waals surface area contributed by atoms with Crippen molar-refractivity contribution in [2.75, 3.05) is 0 Å². The topological polar surface area (TPSA) is 25.8 Å². The number of nitrogens with zero attached hydrogens (tertiary/aromatic N) is 2. The third-order valence-electron chi connectivity index (χ3n) is 1.31. The maximum Gasteiger partial charge on any atom is 0.0420 e. The van der Waals surface area contributed by atoms with Crippen LogP contribution in [0.15, 0.2) is 30.6 Å². The molecule has 2 nitrogen and oxygen atoms in total. The smallest absolute Gasteiger partial charge is 0.0420 e. The molecule has 0 fully saturated rings. The maximum absolute atomic E-state index is 4.10. The summed E-state index contributed by atoms with van der Waals surface area (Å²) in [7, 11) is 0. The fourth-order valence-electron chi connectivity index (χ4n) is 0.853. The first-order valence-corrected chi connectivity index (χ1v) is 3.03. The number of fused-ring (bicyclic) bond motifs is 1. The van der Waals surface area contributed by atoms with Crippen LogP contribution in [0, 0.1) is 6.07 Å². The average Bonchev–Trinajstić information content (AvgIpc) is 2.05. The monoisotopic (exact) mass is 180 g/mol. The molecule has 0 aliphatic rings. The molecule has 0 aliphatic carbocycles. The van der Waals surface area contributed by atoms with Crippen LogP contribution in [0.25, 0.3) is 11.0 Å². The van der Waals surface area contributed by atoms with Gasteiger partial charge in [0.2, 0.25) is 0 Å². The van der Waals surface area contributed by atoms with E-state index in [1.807, 2.05) is 18.2 Å². The molecule has 1 aromatic carbocycles. The summed E-state index contributed by atoms with van der Waals surface area (Å²) in [5, 5.41) is 0. The number of hydrogen-bond donors (Lipinski definition) is 0. The Morgan fingerprint density at radius 1 is 1.09 bits per heavy atom. The standard InChI is InChI=1S/C8H5N2.V/c1-2-4-8-7(3-1)9-5-6-10-8;/h1,3-6H;/q-1;. The summed E-state index contributed by atoms with van der Waals surface area (Å²) >= 11 is 0. The van der Waals surface area contributed by atoms with Crippen LogP contribution in [0.5, 0.6) is 0 Å². The minimum atomic E-state index is 0. The second kappa shape index (κ2) is 3.51. The van der Waals surface area contributed by atoms with E-state index in [0.717, 1.165) is 11.0 Å².